The van der Waals surface area contributed by atoms with Gasteiger partial charge in [-0.05, 0) is 60.7 Å². The summed E-state index contributed by atoms with van der Waals surface area (Å²) < 4.78 is 15.6. The Morgan fingerprint density at radius 2 is 1.44 bits per heavy atom. The third kappa shape index (κ3) is 4.82. The summed E-state index contributed by atoms with van der Waals surface area (Å²) in [5, 5.41) is 5.44. The van der Waals surface area contributed by atoms with Crippen molar-refractivity contribution in [3.05, 3.63) is 83.0 Å². The quantitative estimate of drug-likeness (QED) is 0.435. The molecule has 0 saturated heterocycles. The average molecular weight is 508 g/mol. The summed E-state index contributed by atoms with van der Waals surface area (Å²) in [4.78, 5) is 39.4. The number of nitrogens with zero attached hydrogens (tertiary/aromatic N) is 1. The lowest BCUT2D eigenvalue weighted by Crippen LogP contribution is -2.32. The molecule has 1 heterocycles. The van der Waals surface area contributed by atoms with Gasteiger partial charge in [-0.25, -0.2) is 4.90 Å². The zero-order chi connectivity index (χ0) is 25.8. The van der Waals surface area contributed by atoms with Crippen LogP contribution in [0.3, 0.4) is 0 Å². The first kappa shape index (κ1) is 24.6. The average Bonchev–Trinajstić information content (AvgIpc) is 3.11. The molecule has 0 spiro atoms. The molecule has 4 rings (SSSR count). The van der Waals surface area contributed by atoms with Gasteiger partial charge in [0, 0.05) is 17.3 Å². The Kier molecular flexibility index (Phi) is 7.12. The number of anilines is 3. The third-order valence-electron chi connectivity index (χ3n) is 5.43. The largest absolute Gasteiger partial charge is 0.497 e. The Morgan fingerprint density at radius 3 is 2.06 bits per heavy atom. The normalized spacial score (nSPS) is 13.1. The van der Waals surface area contributed by atoms with Crippen molar-refractivity contribution in [3.63, 3.8) is 0 Å². The molecule has 0 aromatic heterocycles. The number of methoxy groups -OCH3 is 3. The number of carbonyl (C=O) groups excluding carboxylic acids is 3. The van der Waals surface area contributed by atoms with E-state index in [0.717, 1.165) is 4.90 Å². The molecule has 1 aliphatic heterocycles. The van der Waals surface area contributed by atoms with Gasteiger partial charge in [0.25, 0.3) is 17.7 Å². The molecule has 2 N–H and O–H groups in total. The van der Waals surface area contributed by atoms with E-state index in [1.165, 1.54) is 21.3 Å². The lowest BCUT2D eigenvalue weighted by atomic mass is 10.1. The highest BCUT2D eigenvalue weighted by Gasteiger charge is 2.39. The van der Waals surface area contributed by atoms with Crippen molar-refractivity contribution in [2.45, 2.75) is 0 Å². The smallest absolute Gasteiger partial charge is 0.283 e. The number of hydrogen-bond acceptors (Lipinski definition) is 7. The minimum atomic E-state index is -0.641. The van der Waals surface area contributed by atoms with Crippen LogP contribution in [0, 0.1) is 0 Å². The van der Waals surface area contributed by atoms with Crippen LogP contribution in [-0.4, -0.2) is 39.1 Å². The molecule has 0 bridgehead atoms. The van der Waals surface area contributed by atoms with E-state index in [1.54, 1.807) is 66.7 Å². The van der Waals surface area contributed by atoms with Gasteiger partial charge in [-0.3, -0.25) is 14.4 Å². The topological polar surface area (TPSA) is 106 Å². The van der Waals surface area contributed by atoms with Crippen LogP contribution in [-0.2, 0) is 9.59 Å². The monoisotopic (exact) mass is 507 g/mol. The first-order chi connectivity index (χ1) is 17.4. The van der Waals surface area contributed by atoms with Crippen molar-refractivity contribution in [2.24, 2.45) is 0 Å². The zero-order valence-electron chi connectivity index (χ0n) is 19.6. The molecule has 0 radical (unpaired) electrons. The van der Waals surface area contributed by atoms with Gasteiger partial charge in [0.2, 0.25) is 0 Å². The summed E-state index contributed by atoms with van der Waals surface area (Å²) in [5.41, 5.74) is 1.58. The number of ether oxygens (including phenoxy) is 3. The van der Waals surface area contributed by atoms with Crippen LogP contribution in [0.15, 0.2) is 77.5 Å². The van der Waals surface area contributed by atoms with E-state index >= 15 is 0 Å². The van der Waals surface area contributed by atoms with Gasteiger partial charge in [0.15, 0.2) is 0 Å². The summed E-state index contributed by atoms with van der Waals surface area (Å²) in [6.07, 6.45) is 0. The highest BCUT2D eigenvalue weighted by molar-refractivity contribution is 6.53. The molecule has 0 saturated carbocycles. The molecule has 3 aromatic carbocycles. The van der Waals surface area contributed by atoms with Crippen molar-refractivity contribution in [3.8, 4) is 17.2 Å². The number of amides is 3. The maximum Gasteiger partial charge on any atom is 0.283 e. The molecular weight excluding hydrogens is 486 g/mol. The van der Waals surface area contributed by atoms with Crippen molar-refractivity contribution < 1.29 is 28.6 Å². The van der Waals surface area contributed by atoms with Crippen molar-refractivity contribution in [1.29, 1.82) is 0 Å². The Bertz CT molecular complexity index is 1350. The Labute approximate surface area is 212 Å². The number of nitrogens with one attached hydrogen (secondary N) is 2. The lowest BCUT2D eigenvalue weighted by molar-refractivity contribution is -0.120. The predicted molar refractivity (Wildman–Crippen MR) is 136 cm³/mol. The molecule has 184 valence electrons. The third-order valence-corrected chi connectivity index (χ3v) is 5.78. The number of imide groups is 1. The highest BCUT2D eigenvalue weighted by atomic mass is 35.5. The SMILES string of the molecule is COc1ccc(N2C(=O)C(Cl)=C(Nc3ccc(C(=O)Nc4cc(OC)ccc4OC)cc3)C2=O)cc1. The fourth-order valence-electron chi connectivity index (χ4n) is 3.53. The van der Waals surface area contributed by atoms with Gasteiger partial charge in [-0.2, -0.15) is 0 Å². The first-order valence-corrected chi connectivity index (χ1v) is 11.1. The maximum absolute atomic E-state index is 13.0. The van der Waals surface area contributed by atoms with Crippen LogP contribution in [0.1, 0.15) is 10.4 Å². The van der Waals surface area contributed by atoms with E-state index in [-0.39, 0.29) is 16.6 Å². The lowest BCUT2D eigenvalue weighted by Gasteiger charge is -2.15. The molecule has 3 amide bonds. The molecule has 9 nitrogen and oxygen atoms in total. The zero-order valence-corrected chi connectivity index (χ0v) is 20.4. The van der Waals surface area contributed by atoms with Gasteiger partial charge in [0.05, 0.1) is 32.7 Å². The van der Waals surface area contributed by atoms with Gasteiger partial charge < -0.3 is 24.8 Å². The molecule has 0 unspecified atom stereocenters. The fourth-order valence-corrected chi connectivity index (χ4v) is 3.75. The minimum Gasteiger partial charge on any atom is -0.497 e. The van der Waals surface area contributed by atoms with Crippen LogP contribution in [0.4, 0.5) is 17.1 Å². The van der Waals surface area contributed by atoms with E-state index in [1.807, 2.05) is 0 Å². The molecule has 0 fully saturated rings. The summed E-state index contributed by atoms with van der Waals surface area (Å²) in [6, 6.07) is 17.9. The second kappa shape index (κ2) is 10.4. The highest BCUT2D eigenvalue weighted by Crippen LogP contribution is 2.32. The number of halogens is 1. The van der Waals surface area contributed by atoms with Crippen LogP contribution in [0.2, 0.25) is 0 Å². The molecule has 10 heteroatoms. The number of benzene rings is 3. The Balaban J connectivity index is 1.48. The second-order valence-corrected chi connectivity index (χ2v) is 7.93. The van der Waals surface area contributed by atoms with E-state index in [0.29, 0.717) is 39.9 Å². The Hall–Kier alpha value is -4.50. The van der Waals surface area contributed by atoms with Gasteiger partial charge in [-0.15, -0.1) is 0 Å². The van der Waals surface area contributed by atoms with Gasteiger partial charge in [-0.1, -0.05) is 11.6 Å². The van der Waals surface area contributed by atoms with Gasteiger partial charge in [0.1, 0.15) is 28.0 Å². The molecule has 36 heavy (non-hydrogen) atoms. The summed E-state index contributed by atoms with van der Waals surface area (Å²) in [5.74, 6) is 0.0251. The summed E-state index contributed by atoms with van der Waals surface area (Å²) >= 11 is 6.20. The van der Waals surface area contributed by atoms with Crippen LogP contribution in [0.5, 0.6) is 17.2 Å². The van der Waals surface area contributed by atoms with Gasteiger partial charge >= 0.3 is 0 Å². The first-order valence-electron chi connectivity index (χ1n) is 10.7. The summed E-state index contributed by atoms with van der Waals surface area (Å²) in [7, 11) is 4.55. The van der Waals surface area contributed by atoms with Crippen molar-refractivity contribution in [2.75, 3.05) is 36.9 Å². The second-order valence-electron chi connectivity index (χ2n) is 7.56. The summed E-state index contributed by atoms with van der Waals surface area (Å²) in [6.45, 7) is 0. The molecule has 3 aromatic rings. The van der Waals surface area contributed by atoms with Crippen molar-refractivity contribution in [1.82, 2.24) is 0 Å². The number of carbonyl (C=O) groups is 3. The van der Waals surface area contributed by atoms with E-state index < -0.39 is 11.8 Å². The number of rotatable bonds is 8. The Morgan fingerprint density at radius 1 is 0.806 bits per heavy atom. The van der Waals surface area contributed by atoms with E-state index in [2.05, 4.69) is 10.6 Å². The van der Waals surface area contributed by atoms with E-state index in [4.69, 9.17) is 25.8 Å². The van der Waals surface area contributed by atoms with E-state index in [9.17, 15) is 14.4 Å². The molecular formula is C26H22ClN3O6. The van der Waals surface area contributed by atoms with Crippen LogP contribution >= 0.6 is 11.6 Å². The molecule has 0 aliphatic carbocycles. The standard InChI is InChI=1S/C26H22ClN3O6/c1-34-18-10-8-17(9-11-18)30-25(32)22(27)23(26(30)33)28-16-6-4-15(5-7-16)24(31)29-20-14-19(35-2)12-13-21(20)36-3/h4-14,28H,1-3H3,(H,29,31). The maximum atomic E-state index is 13.0. The van der Waals surface area contributed by atoms with Crippen LogP contribution in [0.25, 0.3) is 0 Å². The number of hydrogen-bond donors (Lipinski definition) is 2. The minimum absolute atomic E-state index is 0.0594. The fraction of sp³-hybridized carbons (Fsp3) is 0.115. The molecule has 1 aliphatic rings. The molecule has 0 atom stereocenters. The van der Waals surface area contributed by atoms with Crippen LogP contribution < -0.4 is 29.7 Å². The predicted octanol–water partition coefficient (Wildman–Crippen LogP) is 4.40. The van der Waals surface area contributed by atoms with Crippen molar-refractivity contribution >= 4 is 46.4 Å².